The minimum absolute atomic E-state index is 0.0416. The van der Waals surface area contributed by atoms with E-state index in [2.05, 4.69) is 26.8 Å². The maximum absolute atomic E-state index is 12.6. The highest BCUT2D eigenvalue weighted by atomic mass is 79.9. The molecule has 0 saturated heterocycles. The van der Waals surface area contributed by atoms with Crippen LogP contribution in [0, 0.1) is 23.7 Å². The van der Waals surface area contributed by atoms with Crippen LogP contribution in [0.15, 0.2) is 32.4 Å². The Balaban J connectivity index is 1.73. The van der Waals surface area contributed by atoms with Crippen LogP contribution in [0.25, 0.3) is 0 Å². The molecular weight excluding hydrogens is 392 g/mol. The van der Waals surface area contributed by atoms with E-state index in [1.807, 2.05) is 13.8 Å². The van der Waals surface area contributed by atoms with Crippen molar-refractivity contribution in [2.75, 3.05) is 0 Å². The Morgan fingerprint density at radius 3 is 2.28 bits per heavy atom. The molecule has 2 bridgehead atoms. The van der Waals surface area contributed by atoms with Crippen LogP contribution in [0.2, 0.25) is 0 Å². The molecule has 0 spiro atoms. The van der Waals surface area contributed by atoms with Crippen molar-refractivity contribution in [1.29, 1.82) is 0 Å². The molecule has 3 rings (SSSR count). The molecule has 1 aromatic rings. The number of allylic oxidation sites excluding steroid dienone is 2. The molecule has 2 aliphatic carbocycles. The summed E-state index contributed by atoms with van der Waals surface area (Å²) in [6.45, 7) is 3.91. The molecule has 2 amide bonds. The number of hydrogen-bond acceptors (Lipinski definition) is 4. The van der Waals surface area contributed by atoms with Crippen molar-refractivity contribution in [3.63, 3.8) is 0 Å². The Labute approximate surface area is 152 Å². The van der Waals surface area contributed by atoms with Gasteiger partial charge in [0.1, 0.15) is 0 Å². The molecule has 4 atom stereocenters. The van der Waals surface area contributed by atoms with Gasteiger partial charge >= 0.3 is 11.9 Å². The van der Waals surface area contributed by atoms with Crippen LogP contribution < -0.4 is 10.9 Å². The first-order chi connectivity index (χ1) is 11.8. The van der Waals surface area contributed by atoms with Gasteiger partial charge in [0.2, 0.25) is 5.91 Å². The largest absolute Gasteiger partial charge is 0.481 e. The van der Waals surface area contributed by atoms with Gasteiger partial charge in [0.15, 0.2) is 10.4 Å². The minimum Gasteiger partial charge on any atom is -0.481 e. The SMILES string of the molecule is CC(C)=C1C2CCC1C(C(=O)NNC(=O)c1ccc(Br)o1)C2C(=O)O. The van der Waals surface area contributed by atoms with Gasteiger partial charge in [0.25, 0.3) is 0 Å². The van der Waals surface area contributed by atoms with Gasteiger partial charge in [-0.25, -0.2) is 0 Å². The number of hydrogen-bond donors (Lipinski definition) is 3. The van der Waals surface area contributed by atoms with Crippen LogP contribution in [0.1, 0.15) is 37.2 Å². The van der Waals surface area contributed by atoms with E-state index in [1.54, 1.807) is 6.07 Å². The average Bonchev–Trinajstić information content (AvgIpc) is 3.24. The van der Waals surface area contributed by atoms with Crippen LogP contribution in [0.5, 0.6) is 0 Å². The van der Waals surface area contributed by atoms with Crippen LogP contribution in [-0.2, 0) is 9.59 Å². The van der Waals surface area contributed by atoms with Crippen molar-refractivity contribution in [3.05, 3.63) is 33.7 Å². The predicted octanol–water partition coefficient (Wildman–Crippen LogP) is 2.50. The van der Waals surface area contributed by atoms with E-state index in [9.17, 15) is 19.5 Å². The minimum atomic E-state index is -0.965. The standard InChI is InChI=1S/C17H19BrN2O5/c1-7(2)12-8-3-4-9(12)14(17(23)24)13(8)16(22)20-19-15(21)10-5-6-11(18)25-10/h5-6,8-9,13-14H,3-4H2,1-2H3,(H,19,21)(H,20,22)(H,23,24). The number of carbonyl (C=O) groups excluding carboxylic acids is 2. The lowest BCUT2D eigenvalue weighted by Crippen LogP contribution is -2.48. The number of rotatable bonds is 3. The summed E-state index contributed by atoms with van der Waals surface area (Å²) in [4.78, 5) is 36.3. The fraction of sp³-hybridized carbons (Fsp3) is 0.471. The first-order valence-corrected chi connectivity index (χ1v) is 8.86. The first-order valence-electron chi connectivity index (χ1n) is 8.07. The highest BCUT2D eigenvalue weighted by Crippen LogP contribution is 2.57. The van der Waals surface area contributed by atoms with Gasteiger partial charge in [-0.15, -0.1) is 0 Å². The fourth-order valence-electron chi connectivity index (χ4n) is 4.30. The van der Waals surface area contributed by atoms with Crippen LogP contribution in [-0.4, -0.2) is 22.9 Å². The Morgan fingerprint density at radius 2 is 1.76 bits per heavy atom. The third kappa shape index (κ3) is 3.10. The molecule has 8 heteroatoms. The van der Waals surface area contributed by atoms with Crippen molar-refractivity contribution in [3.8, 4) is 0 Å². The number of halogens is 1. The number of carboxylic acid groups (broad SMARTS) is 1. The summed E-state index contributed by atoms with van der Waals surface area (Å²) >= 11 is 3.10. The molecule has 25 heavy (non-hydrogen) atoms. The van der Waals surface area contributed by atoms with Crippen molar-refractivity contribution in [2.45, 2.75) is 26.7 Å². The second kappa shape index (κ2) is 6.67. The zero-order chi connectivity index (χ0) is 18.3. The number of amides is 2. The topological polar surface area (TPSA) is 109 Å². The van der Waals surface area contributed by atoms with Crippen LogP contribution in [0.4, 0.5) is 0 Å². The molecule has 2 aliphatic rings. The van der Waals surface area contributed by atoms with E-state index in [0.29, 0.717) is 4.67 Å². The Morgan fingerprint density at radius 1 is 1.12 bits per heavy atom. The second-order valence-corrected chi connectivity index (χ2v) is 7.46. The van der Waals surface area contributed by atoms with Crippen molar-refractivity contribution >= 4 is 33.7 Å². The number of fused-ring (bicyclic) bond motifs is 2. The average molecular weight is 411 g/mol. The molecule has 2 saturated carbocycles. The Bertz CT molecular complexity index is 765. The molecule has 134 valence electrons. The molecule has 1 aromatic heterocycles. The van der Waals surface area contributed by atoms with Gasteiger partial charge in [0, 0.05) is 0 Å². The summed E-state index contributed by atoms with van der Waals surface area (Å²) in [6.07, 6.45) is 1.59. The maximum Gasteiger partial charge on any atom is 0.307 e. The molecule has 2 fully saturated rings. The van der Waals surface area contributed by atoms with Gasteiger partial charge in [0.05, 0.1) is 11.8 Å². The molecule has 1 heterocycles. The zero-order valence-corrected chi connectivity index (χ0v) is 15.4. The van der Waals surface area contributed by atoms with E-state index in [4.69, 9.17) is 4.42 Å². The van der Waals surface area contributed by atoms with Crippen LogP contribution >= 0.6 is 15.9 Å². The summed E-state index contributed by atoms with van der Waals surface area (Å²) in [6, 6.07) is 3.03. The van der Waals surface area contributed by atoms with Crippen molar-refractivity contribution in [1.82, 2.24) is 10.9 Å². The number of carboxylic acids is 1. The lowest BCUT2D eigenvalue weighted by Gasteiger charge is -2.26. The molecule has 0 radical (unpaired) electrons. The summed E-state index contributed by atoms with van der Waals surface area (Å²) in [5.74, 6) is -3.60. The molecule has 0 aliphatic heterocycles. The highest BCUT2D eigenvalue weighted by Gasteiger charge is 2.57. The Hall–Kier alpha value is -2.09. The molecule has 7 nitrogen and oxygen atoms in total. The quantitative estimate of drug-likeness (QED) is 0.523. The van der Waals surface area contributed by atoms with Gasteiger partial charge in [-0.1, -0.05) is 11.1 Å². The zero-order valence-electron chi connectivity index (χ0n) is 13.8. The number of furan rings is 1. The maximum atomic E-state index is 12.6. The smallest absolute Gasteiger partial charge is 0.307 e. The van der Waals surface area contributed by atoms with Crippen molar-refractivity contribution < 1.29 is 23.9 Å². The summed E-state index contributed by atoms with van der Waals surface area (Å²) in [5, 5.41) is 9.60. The van der Waals surface area contributed by atoms with E-state index in [0.717, 1.165) is 24.0 Å². The van der Waals surface area contributed by atoms with Gasteiger partial charge in [-0.3, -0.25) is 25.2 Å². The molecule has 3 N–H and O–H groups in total. The summed E-state index contributed by atoms with van der Waals surface area (Å²) in [7, 11) is 0. The normalized spacial score (nSPS) is 27.2. The van der Waals surface area contributed by atoms with Gasteiger partial charge in [-0.05, 0) is 66.6 Å². The Kier molecular flexibility index (Phi) is 4.73. The monoisotopic (exact) mass is 410 g/mol. The van der Waals surface area contributed by atoms with Crippen LogP contribution in [0.3, 0.4) is 0 Å². The predicted molar refractivity (Wildman–Crippen MR) is 91.2 cm³/mol. The first kappa shape index (κ1) is 17.7. The summed E-state index contributed by atoms with van der Waals surface area (Å²) in [5.41, 5.74) is 6.83. The molecular formula is C17H19BrN2O5. The number of carbonyl (C=O) groups is 3. The summed E-state index contributed by atoms with van der Waals surface area (Å²) < 4.78 is 5.51. The number of hydrazine groups is 1. The van der Waals surface area contributed by atoms with E-state index >= 15 is 0 Å². The third-order valence-corrected chi connectivity index (χ3v) is 5.53. The van der Waals surface area contributed by atoms with E-state index in [1.165, 1.54) is 6.07 Å². The van der Waals surface area contributed by atoms with E-state index < -0.39 is 29.6 Å². The third-order valence-electron chi connectivity index (χ3n) is 5.10. The number of aliphatic carboxylic acids is 1. The van der Waals surface area contributed by atoms with E-state index in [-0.39, 0.29) is 17.6 Å². The van der Waals surface area contributed by atoms with Crippen molar-refractivity contribution in [2.24, 2.45) is 23.7 Å². The molecule has 0 aromatic carbocycles. The van der Waals surface area contributed by atoms with Gasteiger partial charge in [-0.2, -0.15) is 0 Å². The lowest BCUT2D eigenvalue weighted by molar-refractivity contribution is -0.149. The lowest BCUT2D eigenvalue weighted by atomic mass is 9.79. The number of nitrogens with one attached hydrogen (secondary N) is 2. The fourth-order valence-corrected chi connectivity index (χ4v) is 4.61. The van der Waals surface area contributed by atoms with Gasteiger partial charge < -0.3 is 9.52 Å². The highest BCUT2D eigenvalue weighted by molar-refractivity contribution is 9.10. The second-order valence-electron chi connectivity index (χ2n) is 6.68. The molecule has 4 unspecified atom stereocenters.